The van der Waals surface area contributed by atoms with E-state index < -0.39 is 15.8 Å². The molecular weight excluding hydrogens is 281 g/mol. The zero-order valence-electron chi connectivity index (χ0n) is 11.0. The first kappa shape index (κ1) is 13.8. The van der Waals surface area contributed by atoms with Gasteiger partial charge in [0.2, 0.25) is 10.0 Å². The smallest absolute Gasteiger partial charge is 0.243 e. The Morgan fingerprint density at radius 3 is 2.90 bits per heavy atom. The van der Waals surface area contributed by atoms with Crippen molar-refractivity contribution in [2.24, 2.45) is 0 Å². The number of anilines is 1. The summed E-state index contributed by atoms with van der Waals surface area (Å²) in [4.78, 5) is 1.93. The van der Waals surface area contributed by atoms with Crippen molar-refractivity contribution in [3.8, 4) is 0 Å². The van der Waals surface area contributed by atoms with Crippen LogP contribution in [-0.4, -0.2) is 38.5 Å². The molecule has 3 rings (SSSR count). The first-order valence-electron chi connectivity index (χ1n) is 6.79. The summed E-state index contributed by atoms with van der Waals surface area (Å²) in [5, 5.41) is 0. The number of nitrogens with one attached hydrogen (secondary N) is 1. The maximum atomic E-state index is 13.7. The van der Waals surface area contributed by atoms with Gasteiger partial charge in [-0.15, -0.1) is 0 Å². The summed E-state index contributed by atoms with van der Waals surface area (Å²) in [5.41, 5.74) is 5.79. The van der Waals surface area contributed by atoms with Gasteiger partial charge in [-0.05, 0) is 44.0 Å². The Kier molecular flexibility index (Phi) is 3.43. The van der Waals surface area contributed by atoms with Gasteiger partial charge in [0.25, 0.3) is 0 Å². The van der Waals surface area contributed by atoms with E-state index in [1.165, 1.54) is 12.1 Å². The molecule has 0 aromatic heterocycles. The van der Waals surface area contributed by atoms with Gasteiger partial charge in [-0.25, -0.2) is 17.5 Å². The fraction of sp³-hybridized carbons (Fsp3) is 0.538. The van der Waals surface area contributed by atoms with Crippen LogP contribution in [0.2, 0.25) is 0 Å². The standard InChI is InChI=1S/C13H18FN3O2S/c14-10-4-3-9(15)8-13(10)20(18,19)16-11-5-7-17-6-1-2-12(11)17/h3-4,8,11-12,16H,1-2,5-7,15H2. The molecule has 110 valence electrons. The largest absolute Gasteiger partial charge is 0.399 e. The Bertz CT molecular complexity index is 620. The number of nitrogens with zero attached hydrogens (tertiary/aromatic N) is 1. The molecule has 2 aliphatic heterocycles. The molecular formula is C13H18FN3O2S. The Morgan fingerprint density at radius 1 is 1.30 bits per heavy atom. The van der Waals surface area contributed by atoms with Crippen molar-refractivity contribution in [1.82, 2.24) is 9.62 Å². The van der Waals surface area contributed by atoms with Crippen LogP contribution in [0.1, 0.15) is 19.3 Å². The number of nitrogens with two attached hydrogens (primary N) is 1. The zero-order chi connectivity index (χ0) is 14.3. The number of sulfonamides is 1. The van der Waals surface area contributed by atoms with Crippen LogP contribution < -0.4 is 10.5 Å². The van der Waals surface area contributed by atoms with E-state index in [2.05, 4.69) is 9.62 Å². The molecule has 2 heterocycles. The topological polar surface area (TPSA) is 75.4 Å². The van der Waals surface area contributed by atoms with Crippen molar-refractivity contribution >= 4 is 15.7 Å². The number of hydrogen-bond acceptors (Lipinski definition) is 4. The summed E-state index contributed by atoms with van der Waals surface area (Å²) in [6.45, 7) is 1.92. The minimum atomic E-state index is -3.87. The number of halogens is 1. The van der Waals surface area contributed by atoms with Gasteiger partial charge in [0.15, 0.2) is 0 Å². The minimum Gasteiger partial charge on any atom is -0.399 e. The third-order valence-corrected chi connectivity index (χ3v) is 5.66. The van der Waals surface area contributed by atoms with Crippen LogP contribution in [0.5, 0.6) is 0 Å². The molecule has 20 heavy (non-hydrogen) atoms. The summed E-state index contributed by atoms with van der Waals surface area (Å²) >= 11 is 0. The average Bonchev–Trinajstić information content (AvgIpc) is 2.97. The van der Waals surface area contributed by atoms with Gasteiger partial charge in [-0.2, -0.15) is 0 Å². The summed E-state index contributed by atoms with van der Waals surface area (Å²) in [7, 11) is -3.87. The van der Waals surface area contributed by atoms with Gasteiger partial charge in [0.05, 0.1) is 0 Å². The van der Waals surface area contributed by atoms with E-state index in [4.69, 9.17) is 5.73 Å². The maximum Gasteiger partial charge on any atom is 0.243 e. The second kappa shape index (κ2) is 4.98. The van der Waals surface area contributed by atoms with Crippen LogP contribution in [0.15, 0.2) is 23.1 Å². The van der Waals surface area contributed by atoms with Crippen molar-refractivity contribution in [2.45, 2.75) is 36.2 Å². The summed E-state index contributed by atoms with van der Waals surface area (Å²) in [6, 6.07) is 3.71. The molecule has 3 N–H and O–H groups in total. The molecule has 2 fully saturated rings. The fourth-order valence-electron chi connectivity index (χ4n) is 3.21. The highest BCUT2D eigenvalue weighted by Crippen LogP contribution is 2.29. The molecule has 0 spiro atoms. The quantitative estimate of drug-likeness (QED) is 0.814. The molecule has 2 saturated heterocycles. The van der Waals surface area contributed by atoms with Crippen LogP contribution in [0.3, 0.4) is 0 Å². The molecule has 2 unspecified atom stereocenters. The number of benzene rings is 1. The lowest BCUT2D eigenvalue weighted by atomic mass is 10.1. The maximum absolute atomic E-state index is 13.7. The van der Waals surface area contributed by atoms with Gasteiger partial charge >= 0.3 is 0 Å². The highest BCUT2D eigenvalue weighted by atomic mass is 32.2. The predicted molar refractivity (Wildman–Crippen MR) is 74.1 cm³/mol. The monoisotopic (exact) mass is 299 g/mol. The molecule has 0 radical (unpaired) electrons. The van der Waals surface area contributed by atoms with Gasteiger partial charge in [-0.3, -0.25) is 4.90 Å². The minimum absolute atomic E-state index is 0.136. The van der Waals surface area contributed by atoms with Crippen molar-refractivity contribution < 1.29 is 12.8 Å². The molecule has 0 aliphatic carbocycles. The number of fused-ring (bicyclic) bond motifs is 1. The first-order valence-corrected chi connectivity index (χ1v) is 8.27. The molecule has 0 saturated carbocycles. The van der Waals surface area contributed by atoms with E-state index in [9.17, 15) is 12.8 Å². The lowest BCUT2D eigenvalue weighted by molar-refractivity contribution is 0.308. The van der Waals surface area contributed by atoms with Crippen LogP contribution in [0.25, 0.3) is 0 Å². The zero-order valence-corrected chi connectivity index (χ0v) is 11.9. The lowest BCUT2D eigenvalue weighted by Gasteiger charge is -2.21. The van der Waals surface area contributed by atoms with Gasteiger partial charge in [0, 0.05) is 24.3 Å². The highest BCUT2D eigenvalue weighted by molar-refractivity contribution is 7.89. The van der Waals surface area contributed by atoms with Crippen molar-refractivity contribution in [2.75, 3.05) is 18.8 Å². The molecule has 0 bridgehead atoms. The third-order valence-electron chi connectivity index (χ3n) is 4.16. The van der Waals surface area contributed by atoms with Crippen LogP contribution in [0, 0.1) is 5.82 Å². The number of nitrogen functional groups attached to an aromatic ring is 1. The van der Waals surface area contributed by atoms with Crippen LogP contribution in [0.4, 0.5) is 10.1 Å². The Hall–Kier alpha value is -1.18. The molecule has 1 aromatic rings. The van der Waals surface area contributed by atoms with Crippen molar-refractivity contribution in [3.63, 3.8) is 0 Å². The molecule has 5 nitrogen and oxygen atoms in total. The molecule has 0 amide bonds. The Labute approximate surface area is 118 Å². The van der Waals surface area contributed by atoms with E-state index in [1.54, 1.807) is 0 Å². The van der Waals surface area contributed by atoms with Crippen molar-refractivity contribution in [1.29, 1.82) is 0 Å². The first-order chi connectivity index (χ1) is 9.47. The Balaban J connectivity index is 1.84. The summed E-state index contributed by atoms with van der Waals surface area (Å²) in [5.74, 6) is -0.770. The molecule has 2 atom stereocenters. The van der Waals surface area contributed by atoms with E-state index in [1.807, 2.05) is 0 Å². The molecule has 2 aliphatic rings. The predicted octanol–water partition coefficient (Wildman–Crippen LogP) is 0.923. The van der Waals surface area contributed by atoms with Crippen molar-refractivity contribution in [3.05, 3.63) is 24.0 Å². The molecule has 7 heteroatoms. The Morgan fingerprint density at radius 2 is 2.10 bits per heavy atom. The van der Waals surface area contributed by atoms with E-state index in [0.29, 0.717) is 0 Å². The van der Waals surface area contributed by atoms with Gasteiger partial charge in [0.1, 0.15) is 10.7 Å². The third kappa shape index (κ3) is 2.41. The summed E-state index contributed by atoms with van der Waals surface area (Å²) < 4.78 is 41.0. The lowest BCUT2D eigenvalue weighted by Crippen LogP contribution is -2.42. The van der Waals surface area contributed by atoms with Crippen LogP contribution in [-0.2, 0) is 10.0 Å². The molecule has 1 aromatic carbocycles. The fourth-order valence-corrected chi connectivity index (χ4v) is 4.63. The second-order valence-corrected chi connectivity index (χ2v) is 7.13. The summed E-state index contributed by atoms with van der Waals surface area (Å²) in [6.07, 6.45) is 2.86. The van der Waals surface area contributed by atoms with Crippen LogP contribution >= 0.6 is 0 Å². The second-order valence-electron chi connectivity index (χ2n) is 5.45. The van der Waals surface area contributed by atoms with E-state index in [0.717, 1.165) is 38.4 Å². The average molecular weight is 299 g/mol. The van der Waals surface area contributed by atoms with Gasteiger partial charge < -0.3 is 5.73 Å². The number of rotatable bonds is 3. The van der Waals surface area contributed by atoms with Gasteiger partial charge in [-0.1, -0.05) is 0 Å². The van der Waals surface area contributed by atoms with E-state index >= 15 is 0 Å². The highest BCUT2D eigenvalue weighted by Gasteiger charge is 2.39. The van der Waals surface area contributed by atoms with E-state index in [-0.39, 0.29) is 22.7 Å². The normalized spacial score (nSPS) is 26.9. The SMILES string of the molecule is Nc1ccc(F)c(S(=O)(=O)NC2CCN3CCCC23)c1. The number of hydrogen-bond donors (Lipinski definition) is 2.